The lowest BCUT2D eigenvalue weighted by molar-refractivity contribution is -0.137. The van der Waals surface area contributed by atoms with Crippen LogP contribution < -0.4 is 27.0 Å². The van der Waals surface area contributed by atoms with Gasteiger partial charge in [-0.15, -0.1) is 0 Å². The molecule has 0 heterocycles. The fourth-order valence-electron chi connectivity index (χ4n) is 5.11. The maximum Gasteiger partial charge on any atom is 0.303 e. The zero-order chi connectivity index (χ0) is 37.6. The maximum absolute atomic E-state index is 12.0. The number of unbranched alkanes of at least 4 members (excludes halogenated alkanes) is 12. The second-order valence-electron chi connectivity index (χ2n) is 12.5. The van der Waals surface area contributed by atoms with Crippen LogP contribution in [0.5, 0.6) is 0 Å². The molecule has 0 aliphatic rings. The van der Waals surface area contributed by atoms with Gasteiger partial charge in [0.2, 0.25) is 23.6 Å². The first-order valence-electron chi connectivity index (χ1n) is 19.1. The van der Waals surface area contributed by atoms with Crippen molar-refractivity contribution in [1.82, 2.24) is 21.3 Å². The number of nitrogens with two attached hydrogens (primary N) is 1. The van der Waals surface area contributed by atoms with Crippen molar-refractivity contribution >= 4 is 29.6 Å². The van der Waals surface area contributed by atoms with Crippen LogP contribution in [0.1, 0.15) is 116 Å². The molecule has 51 heavy (non-hydrogen) atoms. The number of aliphatic carboxylic acids is 1. The van der Waals surface area contributed by atoms with Gasteiger partial charge in [0.05, 0.1) is 45.7 Å². The van der Waals surface area contributed by atoms with Crippen LogP contribution >= 0.6 is 0 Å². The molecule has 0 spiro atoms. The molecule has 0 aromatic carbocycles. The molecule has 0 aliphatic heterocycles. The zero-order valence-corrected chi connectivity index (χ0v) is 31.3. The monoisotopic (exact) mass is 732 g/mol. The van der Waals surface area contributed by atoms with Gasteiger partial charge < -0.3 is 51.1 Å². The molecule has 1 atom stereocenters. The van der Waals surface area contributed by atoms with Crippen LogP contribution in [-0.4, -0.2) is 120 Å². The van der Waals surface area contributed by atoms with Crippen LogP contribution in [0.25, 0.3) is 0 Å². The van der Waals surface area contributed by atoms with Gasteiger partial charge in [-0.2, -0.15) is 0 Å². The van der Waals surface area contributed by atoms with E-state index >= 15 is 0 Å². The highest BCUT2D eigenvalue weighted by Gasteiger charge is 2.12. The molecule has 0 rings (SSSR count). The van der Waals surface area contributed by atoms with Gasteiger partial charge in [-0.3, -0.25) is 24.0 Å². The van der Waals surface area contributed by atoms with E-state index in [0.29, 0.717) is 65.4 Å². The number of amides is 4. The number of hydrogen-bond acceptors (Lipinski definition) is 10. The summed E-state index contributed by atoms with van der Waals surface area (Å²) < 4.78 is 21.4. The van der Waals surface area contributed by atoms with Crippen LogP contribution in [-0.2, 0) is 42.9 Å². The molecule has 0 radical (unpaired) electrons. The lowest BCUT2D eigenvalue weighted by atomic mass is 10.0. The quantitative estimate of drug-likeness (QED) is 0.0505. The summed E-state index contributed by atoms with van der Waals surface area (Å²) in [6, 6.07) is -0.342. The molecule has 298 valence electrons. The third kappa shape index (κ3) is 36.7. The van der Waals surface area contributed by atoms with E-state index in [1.54, 1.807) is 0 Å². The molecule has 0 unspecified atom stereocenters. The van der Waals surface area contributed by atoms with E-state index < -0.39 is 5.97 Å². The molecule has 4 amide bonds. The Kier molecular flexibility index (Phi) is 34.9. The summed E-state index contributed by atoms with van der Waals surface area (Å²) in [7, 11) is 0. The van der Waals surface area contributed by atoms with E-state index in [1.165, 1.54) is 38.5 Å². The number of ether oxygens (including phenoxy) is 4. The Hall–Kier alpha value is -2.85. The van der Waals surface area contributed by atoms with Gasteiger partial charge in [0.1, 0.15) is 13.2 Å². The lowest BCUT2D eigenvalue weighted by Gasteiger charge is -2.13. The minimum Gasteiger partial charge on any atom is -0.481 e. The largest absolute Gasteiger partial charge is 0.481 e. The van der Waals surface area contributed by atoms with Crippen molar-refractivity contribution in [2.75, 3.05) is 79.0 Å². The Morgan fingerprint density at radius 2 is 0.961 bits per heavy atom. The Balaban J connectivity index is 3.38. The van der Waals surface area contributed by atoms with Gasteiger partial charge in [-0.1, -0.05) is 71.1 Å². The van der Waals surface area contributed by atoms with E-state index in [-0.39, 0.29) is 62.5 Å². The van der Waals surface area contributed by atoms with Crippen LogP contribution in [0.2, 0.25) is 0 Å². The van der Waals surface area contributed by atoms with E-state index in [0.717, 1.165) is 51.4 Å². The van der Waals surface area contributed by atoms with Crippen molar-refractivity contribution in [1.29, 1.82) is 0 Å². The molecule has 0 aliphatic carbocycles. The smallest absolute Gasteiger partial charge is 0.303 e. The average Bonchev–Trinajstić information content (AvgIpc) is 3.09. The topological polar surface area (TPSA) is 217 Å². The third-order valence-electron chi connectivity index (χ3n) is 7.93. The summed E-state index contributed by atoms with van der Waals surface area (Å²) in [6.45, 7) is 5.51. The van der Waals surface area contributed by atoms with E-state index in [1.807, 2.05) is 6.92 Å². The average molecular weight is 732 g/mol. The molecule has 15 nitrogen and oxygen atoms in total. The number of likely N-dealkylation sites (N-methyl/N-ethyl adjacent to an activating group) is 1. The highest BCUT2D eigenvalue weighted by molar-refractivity contribution is 5.79. The lowest BCUT2D eigenvalue weighted by Crippen LogP contribution is -2.41. The first-order valence-corrected chi connectivity index (χ1v) is 19.1. The summed E-state index contributed by atoms with van der Waals surface area (Å²) >= 11 is 0. The first-order chi connectivity index (χ1) is 24.8. The molecule has 0 bridgehead atoms. The van der Waals surface area contributed by atoms with Crippen molar-refractivity contribution < 1.29 is 48.0 Å². The fourth-order valence-corrected chi connectivity index (χ4v) is 5.11. The van der Waals surface area contributed by atoms with E-state index in [4.69, 9.17) is 29.8 Å². The number of rotatable bonds is 39. The van der Waals surface area contributed by atoms with Crippen molar-refractivity contribution in [3.8, 4) is 0 Å². The molecule has 0 aromatic heterocycles. The number of carbonyl (C=O) groups excluding carboxylic acids is 4. The minimum absolute atomic E-state index is 0.0372. The maximum atomic E-state index is 12.0. The standard InChI is InChI=1S/C36H69N5O10/c1-2-38-31(36(37)47)17-15-16-20-39-33(43)29-50-27-26-49-24-22-41-34(44)30-51-28-25-48-23-21-40-32(42)18-13-11-9-7-5-3-4-6-8-10-12-14-19-35(45)46/h31,38H,2-30H2,1H3,(H2,37,47)(H,39,43)(H,40,42)(H,41,44)(H,45,46)/t31-/m0/s1. The fraction of sp³-hybridized carbons (Fsp3) is 0.861. The molecular formula is C36H69N5O10. The summed E-state index contributed by atoms with van der Waals surface area (Å²) in [5.41, 5.74) is 5.34. The number of carboxylic acids is 1. The Morgan fingerprint density at radius 1 is 0.529 bits per heavy atom. The van der Waals surface area contributed by atoms with Crippen LogP contribution in [0.4, 0.5) is 0 Å². The number of carboxylic acid groups (broad SMARTS) is 1. The second-order valence-corrected chi connectivity index (χ2v) is 12.5. The molecule has 0 aromatic rings. The van der Waals surface area contributed by atoms with Crippen molar-refractivity contribution in [3.05, 3.63) is 0 Å². The predicted octanol–water partition coefficient (Wildman–Crippen LogP) is 2.58. The normalized spacial score (nSPS) is 11.6. The highest BCUT2D eigenvalue weighted by Crippen LogP contribution is 2.13. The number of carbonyl (C=O) groups is 5. The Labute approximate surface area is 305 Å². The predicted molar refractivity (Wildman–Crippen MR) is 195 cm³/mol. The van der Waals surface area contributed by atoms with Gasteiger partial charge in [0.25, 0.3) is 0 Å². The van der Waals surface area contributed by atoms with E-state index in [2.05, 4.69) is 21.3 Å². The van der Waals surface area contributed by atoms with E-state index in [9.17, 15) is 24.0 Å². The van der Waals surface area contributed by atoms with Gasteiger partial charge in [-0.05, 0) is 38.6 Å². The zero-order valence-electron chi connectivity index (χ0n) is 31.3. The van der Waals surface area contributed by atoms with Gasteiger partial charge in [-0.25, -0.2) is 0 Å². The molecule has 0 saturated carbocycles. The highest BCUT2D eigenvalue weighted by atomic mass is 16.5. The summed E-state index contributed by atoms with van der Waals surface area (Å²) in [5, 5.41) is 20.0. The minimum atomic E-state index is -0.702. The van der Waals surface area contributed by atoms with Crippen LogP contribution in [0.3, 0.4) is 0 Å². The molecular weight excluding hydrogens is 662 g/mol. The molecule has 0 fully saturated rings. The van der Waals surface area contributed by atoms with Gasteiger partial charge in [0.15, 0.2) is 0 Å². The first kappa shape index (κ1) is 48.1. The van der Waals surface area contributed by atoms with Gasteiger partial charge in [0, 0.05) is 32.5 Å². The Morgan fingerprint density at radius 3 is 1.43 bits per heavy atom. The van der Waals surface area contributed by atoms with Crippen molar-refractivity contribution in [2.24, 2.45) is 5.73 Å². The summed E-state index contributed by atoms with van der Waals surface area (Å²) in [5.74, 6) is -1.51. The van der Waals surface area contributed by atoms with Crippen LogP contribution in [0, 0.1) is 0 Å². The molecule has 15 heteroatoms. The van der Waals surface area contributed by atoms with Crippen molar-refractivity contribution in [2.45, 2.75) is 122 Å². The SMILES string of the molecule is CCN[C@@H](CCCCNC(=O)COCCOCCNC(=O)COCCOCCNC(=O)CCCCCCCCCCCCCCC(=O)O)C(N)=O. The number of hydrogen-bond donors (Lipinski definition) is 6. The molecule has 7 N–H and O–H groups in total. The second kappa shape index (κ2) is 36.9. The van der Waals surface area contributed by atoms with Crippen molar-refractivity contribution in [3.63, 3.8) is 0 Å². The van der Waals surface area contributed by atoms with Gasteiger partial charge >= 0.3 is 5.97 Å². The number of primary amides is 1. The summed E-state index contributed by atoms with van der Waals surface area (Å²) in [4.78, 5) is 57.4. The van der Waals surface area contributed by atoms with Crippen LogP contribution in [0.15, 0.2) is 0 Å². The number of nitrogens with one attached hydrogen (secondary N) is 4. The summed E-state index contributed by atoms with van der Waals surface area (Å²) in [6.07, 6.45) is 16.3. The Bertz CT molecular complexity index is 896. The molecule has 0 saturated heterocycles. The third-order valence-corrected chi connectivity index (χ3v) is 7.93.